The van der Waals surface area contributed by atoms with Gasteiger partial charge in [0, 0.05) is 24.4 Å². The summed E-state index contributed by atoms with van der Waals surface area (Å²) in [5, 5.41) is 5.94. The van der Waals surface area contributed by atoms with Gasteiger partial charge in [0.1, 0.15) is 0 Å². The van der Waals surface area contributed by atoms with Crippen molar-refractivity contribution >= 4 is 28.8 Å². The van der Waals surface area contributed by atoms with Crippen LogP contribution in [0.15, 0.2) is 11.4 Å². The highest BCUT2D eigenvalue weighted by molar-refractivity contribution is 7.10. The normalized spacial score (nSPS) is 19.3. The molecule has 0 spiro atoms. The van der Waals surface area contributed by atoms with Gasteiger partial charge >= 0.3 is 0 Å². The predicted molar refractivity (Wildman–Crippen MR) is 80.6 cm³/mol. The average molecular weight is 301 g/mol. The lowest BCUT2D eigenvalue weighted by Crippen LogP contribution is -2.43. The van der Waals surface area contributed by atoms with Crippen molar-refractivity contribution in [1.29, 1.82) is 0 Å². The Morgan fingerprint density at radius 3 is 2.79 bits per heavy atom. The number of carbonyl (C=O) groups is 1. The van der Waals surface area contributed by atoms with Gasteiger partial charge in [-0.2, -0.15) is 0 Å². The second-order valence-corrected chi connectivity index (χ2v) is 6.70. The molecule has 1 N–H and O–H groups in total. The van der Waals surface area contributed by atoms with E-state index in [9.17, 15) is 4.79 Å². The lowest BCUT2D eigenvalue weighted by atomic mass is 9.90. The van der Waals surface area contributed by atoms with Crippen molar-refractivity contribution in [3.8, 4) is 0 Å². The van der Waals surface area contributed by atoms with E-state index in [2.05, 4.69) is 17.1 Å². The Labute approximate surface area is 123 Å². The molecule has 1 amide bonds. The van der Waals surface area contributed by atoms with Crippen LogP contribution in [0.5, 0.6) is 0 Å². The third kappa shape index (κ3) is 4.20. The molecule has 3 nitrogen and oxygen atoms in total. The summed E-state index contributed by atoms with van der Waals surface area (Å²) < 4.78 is 0. The van der Waals surface area contributed by atoms with E-state index in [1.807, 2.05) is 11.4 Å². The Kier molecular flexibility index (Phi) is 5.25. The van der Waals surface area contributed by atoms with Gasteiger partial charge in [-0.3, -0.25) is 9.69 Å². The first-order valence-electron chi connectivity index (χ1n) is 6.77. The number of amides is 1. The fourth-order valence-electron chi connectivity index (χ4n) is 2.69. The number of likely N-dealkylation sites (tertiary alicyclic amines) is 1. The summed E-state index contributed by atoms with van der Waals surface area (Å²) in [6, 6.07) is 2.25. The predicted octanol–water partition coefficient (Wildman–Crippen LogP) is 3.14. The largest absolute Gasteiger partial charge is 0.354 e. The Morgan fingerprint density at radius 1 is 1.58 bits per heavy atom. The van der Waals surface area contributed by atoms with Gasteiger partial charge < -0.3 is 5.32 Å². The molecule has 0 aromatic carbocycles. The zero-order chi connectivity index (χ0) is 13.8. The zero-order valence-electron chi connectivity index (χ0n) is 11.5. The molecule has 19 heavy (non-hydrogen) atoms. The molecule has 2 rings (SSSR count). The van der Waals surface area contributed by atoms with Crippen LogP contribution in [0.4, 0.5) is 0 Å². The number of thiophene rings is 1. The number of halogens is 1. The van der Waals surface area contributed by atoms with Gasteiger partial charge in [0.05, 0.1) is 5.02 Å². The molecule has 0 aliphatic carbocycles. The van der Waals surface area contributed by atoms with Crippen LogP contribution in [0, 0.1) is 5.92 Å². The Balaban J connectivity index is 1.79. The van der Waals surface area contributed by atoms with Crippen molar-refractivity contribution in [1.82, 2.24) is 10.2 Å². The Bertz CT molecular complexity index is 427. The maximum absolute atomic E-state index is 11.1. The number of hydrogen-bond donors (Lipinski definition) is 1. The summed E-state index contributed by atoms with van der Waals surface area (Å²) in [5.74, 6) is 0.666. The van der Waals surface area contributed by atoms with Crippen molar-refractivity contribution in [3.05, 3.63) is 21.3 Å². The van der Waals surface area contributed by atoms with Crippen LogP contribution in [0.2, 0.25) is 5.02 Å². The van der Waals surface area contributed by atoms with Gasteiger partial charge in [-0.1, -0.05) is 11.6 Å². The number of nitrogens with one attached hydrogen (secondary N) is 1. The average Bonchev–Trinajstić information content (AvgIpc) is 2.75. The van der Waals surface area contributed by atoms with E-state index in [1.165, 1.54) is 4.88 Å². The lowest BCUT2D eigenvalue weighted by molar-refractivity contribution is -0.120. The molecule has 1 atom stereocenters. The van der Waals surface area contributed by atoms with Crippen LogP contribution in [-0.2, 0) is 11.3 Å². The van der Waals surface area contributed by atoms with Crippen LogP contribution in [0.25, 0.3) is 0 Å². The van der Waals surface area contributed by atoms with Crippen molar-refractivity contribution < 1.29 is 4.79 Å². The van der Waals surface area contributed by atoms with Crippen LogP contribution in [-0.4, -0.2) is 29.9 Å². The van der Waals surface area contributed by atoms with Gasteiger partial charge in [0.2, 0.25) is 5.91 Å². The quantitative estimate of drug-likeness (QED) is 0.926. The fraction of sp³-hybridized carbons (Fsp3) is 0.643. The second kappa shape index (κ2) is 6.73. The van der Waals surface area contributed by atoms with Crippen LogP contribution >= 0.6 is 22.9 Å². The first-order chi connectivity index (χ1) is 9.06. The smallest absolute Gasteiger partial charge is 0.217 e. The minimum atomic E-state index is 0.0697. The molecule has 1 aromatic rings. The first kappa shape index (κ1) is 14.8. The standard InChI is InChI=1S/C14H21ClN2OS/c1-10(16-11(2)18)12-3-6-17(7-4-12)9-14-13(15)5-8-19-14/h5,8,10,12H,3-4,6-7,9H2,1-2H3,(H,16,18)/t10-/m0/s1. The summed E-state index contributed by atoms with van der Waals surface area (Å²) in [6.07, 6.45) is 2.29. The van der Waals surface area contributed by atoms with Gasteiger partial charge in [0.25, 0.3) is 0 Å². The fourth-order valence-corrected chi connectivity index (χ4v) is 3.83. The lowest BCUT2D eigenvalue weighted by Gasteiger charge is -2.34. The van der Waals surface area contributed by atoms with E-state index in [4.69, 9.17) is 11.6 Å². The maximum Gasteiger partial charge on any atom is 0.217 e. The molecule has 5 heteroatoms. The molecule has 1 fully saturated rings. The molecular weight excluding hydrogens is 280 g/mol. The highest BCUT2D eigenvalue weighted by Gasteiger charge is 2.24. The second-order valence-electron chi connectivity index (χ2n) is 5.29. The molecule has 0 unspecified atom stereocenters. The van der Waals surface area contributed by atoms with Crippen molar-refractivity contribution in [3.63, 3.8) is 0 Å². The molecule has 1 aliphatic rings. The van der Waals surface area contributed by atoms with Crippen molar-refractivity contribution in [2.75, 3.05) is 13.1 Å². The summed E-state index contributed by atoms with van der Waals surface area (Å²) >= 11 is 7.86. The SMILES string of the molecule is CC(=O)N[C@@H](C)C1CCN(Cc2sccc2Cl)CC1. The highest BCUT2D eigenvalue weighted by Crippen LogP contribution is 2.27. The van der Waals surface area contributed by atoms with E-state index in [0.29, 0.717) is 5.92 Å². The summed E-state index contributed by atoms with van der Waals surface area (Å²) in [7, 11) is 0. The van der Waals surface area contributed by atoms with Gasteiger partial charge in [0.15, 0.2) is 0 Å². The number of carbonyl (C=O) groups excluding carboxylic acids is 1. The number of hydrogen-bond acceptors (Lipinski definition) is 3. The number of rotatable bonds is 4. The maximum atomic E-state index is 11.1. The first-order valence-corrected chi connectivity index (χ1v) is 8.03. The molecule has 0 radical (unpaired) electrons. The van der Waals surface area contributed by atoms with Gasteiger partial charge in [-0.25, -0.2) is 0 Å². The summed E-state index contributed by atoms with van der Waals surface area (Å²) in [6.45, 7) is 6.83. The Hall–Kier alpha value is -0.580. The highest BCUT2D eigenvalue weighted by atomic mass is 35.5. The summed E-state index contributed by atoms with van der Waals surface area (Å²) in [5.41, 5.74) is 0. The third-order valence-electron chi connectivity index (χ3n) is 3.83. The minimum absolute atomic E-state index is 0.0697. The molecular formula is C14H21ClN2OS. The van der Waals surface area contributed by atoms with Gasteiger partial charge in [-0.05, 0) is 50.2 Å². The van der Waals surface area contributed by atoms with Gasteiger partial charge in [-0.15, -0.1) is 11.3 Å². The van der Waals surface area contributed by atoms with E-state index in [1.54, 1.807) is 18.3 Å². The van der Waals surface area contributed by atoms with Crippen molar-refractivity contribution in [2.45, 2.75) is 39.3 Å². The van der Waals surface area contributed by atoms with Crippen LogP contribution in [0.3, 0.4) is 0 Å². The minimum Gasteiger partial charge on any atom is -0.354 e. The zero-order valence-corrected chi connectivity index (χ0v) is 13.1. The van der Waals surface area contributed by atoms with E-state index in [-0.39, 0.29) is 11.9 Å². The van der Waals surface area contributed by atoms with E-state index in [0.717, 1.165) is 37.5 Å². The van der Waals surface area contributed by atoms with E-state index < -0.39 is 0 Å². The molecule has 0 bridgehead atoms. The topological polar surface area (TPSA) is 32.3 Å². The summed E-state index contributed by atoms with van der Waals surface area (Å²) in [4.78, 5) is 14.8. The van der Waals surface area contributed by atoms with Crippen molar-refractivity contribution in [2.24, 2.45) is 5.92 Å². The number of nitrogens with zero attached hydrogens (tertiary/aromatic N) is 1. The molecule has 0 saturated carbocycles. The monoisotopic (exact) mass is 300 g/mol. The Morgan fingerprint density at radius 2 is 2.26 bits per heavy atom. The molecule has 1 saturated heterocycles. The van der Waals surface area contributed by atoms with E-state index >= 15 is 0 Å². The molecule has 1 aliphatic heterocycles. The van der Waals surface area contributed by atoms with Crippen LogP contribution in [0.1, 0.15) is 31.6 Å². The van der Waals surface area contributed by atoms with Crippen LogP contribution < -0.4 is 5.32 Å². The molecule has 1 aromatic heterocycles. The molecule has 106 valence electrons. The molecule has 2 heterocycles. The number of piperidine rings is 1. The third-order valence-corrected chi connectivity index (χ3v) is 5.20.